The van der Waals surface area contributed by atoms with E-state index in [1.54, 1.807) is 24.3 Å². The van der Waals surface area contributed by atoms with Crippen molar-refractivity contribution in [3.63, 3.8) is 0 Å². The molecule has 1 N–H and O–H groups in total. The third-order valence-corrected chi connectivity index (χ3v) is 5.36. The third kappa shape index (κ3) is 4.77. The Morgan fingerprint density at radius 2 is 1.69 bits per heavy atom. The van der Waals surface area contributed by atoms with Gasteiger partial charge in [-0.2, -0.15) is 0 Å². The lowest BCUT2D eigenvalue weighted by atomic mass is 9.75. The number of anilines is 1. The van der Waals surface area contributed by atoms with Gasteiger partial charge in [0.25, 0.3) is 5.91 Å². The number of likely N-dealkylation sites (tertiary alicyclic amines) is 1. The average molecular weight is 358 g/mol. The minimum absolute atomic E-state index is 0.0952. The molecular formula is C21H30N2O3. The highest BCUT2D eigenvalue weighted by molar-refractivity contribution is 5.95. The zero-order chi connectivity index (χ0) is 18.7. The number of nitrogens with zero attached hydrogens (tertiary/aromatic N) is 1. The predicted octanol–water partition coefficient (Wildman–Crippen LogP) is 4.69. The van der Waals surface area contributed by atoms with Gasteiger partial charge >= 0.3 is 6.09 Å². The van der Waals surface area contributed by atoms with Gasteiger partial charge in [-0.05, 0) is 69.7 Å². The monoisotopic (exact) mass is 358 g/mol. The molecule has 0 spiro atoms. The Morgan fingerprint density at radius 3 is 2.35 bits per heavy atom. The van der Waals surface area contributed by atoms with E-state index in [1.165, 1.54) is 25.7 Å². The molecule has 1 saturated heterocycles. The lowest BCUT2D eigenvalue weighted by Gasteiger charge is -2.41. The molecule has 1 aromatic carbocycles. The van der Waals surface area contributed by atoms with Crippen LogP contribution in [0.5, 0.6) is 0 Å². The number of benzene rings is 1. The summed E-state index contributed by atoms with van der Waals surface area (Å²) >= 11 is 0. The van der Waals surface area contributed by atoms with Crippen molar-refractivity contribution in [2.45, 2.75) is 58.5 Å². The van der Waals surface area contributed by atoms with Gasteiger partial charge in [-0.25, -0.2) is 4.79 Å². The SMILES string of the molecule is CC(C)(C)OC(=O)Nc1ccc(C(=O)N2CC[C@@H]3CCCC[C@@H]3C2)cc1. The number of hydrogen-bond acceptors (Lipinski definition) is 3. The van der Waals surface area contributed by atoms with Gasteiger partial charge in [0.15, 0.2) is 0 Å². The summed E-state index contributed by atoms with van der Waals surface area (Å²) in [5.41, 5.74) is 0.765. The van der Waals surface area contributed by atoms with Crippen molar-refractivity contribution < 1.29 is 14.3 Å². The molecule has 2 atom stereocenters. The van der Waals surface area contributed by atoms with Crippen molar-refractivity contribution in [3.05, 3.63) is 29.8 Å². The highest BCUT2D eigenvalue weighted by Crippen LogP contribution is 2.36. The highest BCUT2D eigenvalue weighted by Gasteiger charge is 2.33. The molecule has 2 aliphatic rings. The standard InChI is InChI=1S/C21H30N2O3/c1-21(2,3)26-20(25)22-18-10-8-16(9-11-18)19(24)23-13-12-15-6-4-5-7-17(15)14-23/h8-11,15,17H,4-7,12-14H2,1-3H3,(H,22,25)/t15-,17+/m0/s1. The molecule has 2 amide bonds. The molecule has 1 aliphatic heterocycles. The first-order valence-corrected chi connectivity index (χ1v) is 9.71. The predicted molar refractivity (Wildman–Crippen MR) is 102 cm³/mol. The van der Waals surface area contributed by atoms with E-state index >= 15 is 0 Å². The molecule has 142 valence electrons. The summed E-state index contributed by atoms with van der Waals surface area (Å²) in [7, 11) is 0. The summed E-state index contributed by atoms with van der Waals surface area (Å²) in [6, 6.07) is 7.07. The highest BCUT2D eigenvalue weighted by atomic mass is 16.6. The summed E-state index contributed by atoms with van der Waals surface area (Å²) in [6.45, 7) is 7.22. The second-order valence-corrected chi connectivity index (χ2v) is 8.55. The van der Waals surface area contributed by atoms with E-state index in [1.807, 2.05) is 25.7 Å². The molecule has 26 heavy (non-hydrogen) atoms. The largest absolute Gasteiger partial charge is 0.444 e. The topological polar surface area (TPSA) is 58.6 Å². The van der Waals surface area contributed by atoms with Crippen LogP contribution in [0.1, 0.15) is 63.2 Å². The normalized spacial score (nSPS) is 23.1. The minimum Gasteiger partial charge on any atom is -0.444 e. The Bertz CT molecular complexity index is 648. The minimum atomic E-state index is -0.536. The van der Waals surface area contributed by atoms with Crippen molar-refractivity contribution in [1.29, 1.82) is 0 Å². The molecule has 1 aromatic rings. The molecular weight excluding hydrogens is 328 g/mol. The Balaban J connectivity index is 1.58. The molecule has 0 aromatic heterocycles. The Morgan fingerprint density at radius 1 is 1.04 bits per heavy atom. The number of nitrogens with one attached hydrogen (secondary N) is 1. The second-order valence-electron chi connectivity index (χ2n) is 8.55. The lowest BCUT2D eigenvalue weighted by molar-refractivity contribution is 0.0520. The van der Waals surface area contributed by atoms with E-state index in [0.717, 1.165) is 25.4 Å². The van der Waals surface area contributed by atoms with Gasteiger partial charge in [0, 0.05) is 24.3 Å². The molecule has 0 radical (unpaired) electrons. The average Bonchev–Trinajstić information content (AvgIpc) is 2.59. The smallest absolute Gasteiger partial charge is 0.412 e. The van der Waals surface area contributed by atoms with Gasteiger partial charge < -0.3 is 9.64 Å². The molecule has 5 nitrogen and oxygen atoms in total. The van der Waals surface area contributed by atoms with Crippen LogP contribution in [0.25, 0.3) is 0 Å². The van der Waals surface area contributed by atoms with Crippen LogP contribution in [0.4, 0.5) is 10.5 Å². The summed E-state index contributed by atoms with van der Waals surface area (Å²) in [5.74, 6) is 1.58. The van der Waals surface area contributed by atoms with E-state index in [4.69, 9.17) is 4.74 Å². The first-order chi connectivity index (χ1) is 12.3. The number of carbonyl (C=O) groups excluding carboxylic acids is 2. The van der Waals surface area contributed by atoms with Crippen molar-refractivity contribution in [1.82, 2.24) is 4.90 Å². The molecule has 1 heterocycles. The van der Waals surface area contributed by atoms with Crippen LogP contribution < -0.4 is 5.32 Å². The molecule has 5 heteroatoms. The number of amides is 2. The molecule has 1 aliphatic carbocycles. The summed E-state index contributed by atoms with van der Waals surface area (Å²) in [6.07, 6.45) is 5.88. The van der Waals surface area contributed by atoms with Crippen LogP contribution in [0, 0.1) is 11.8 Å². The van der Waals surface area contributed by atoms with Gasteiger partial charge in [0.2, 0.25) is 0 Å². The van der Waals surface area contributed by atoms with Crippen molar-refractivity contribution in [2.75, 3.05) is 18.4 Å². The number of hydrogen-bond donors (Lipinski definition) is 1. The van der Waals surface area contributed by atoms with Crippen LogP contribution in [0.3, 0.4) is 0 Å². The number of fused-ring (bicyclic) bond motifs is 1. The fourth-order valence-corrected chi connectivity index (χ4v) is 4.09. The fourth-order valence-electron chi connectivity index (χ4n) is 4.09. The third-order valence-electron chi connectivity index (χ3n) is 5.36. The first kappa shape index (κ1) is 18.7. The van der Waals surface area contributed by atoms with Crippen LogP contribution >= 0.6 is 0 Å². The zero-order valence-electron chi connectivity index (χ0n) is 16.1. The quantitative estimate of drug-likeness (QED) is 0.834. The van der Waals surface area contributed by atoms with Crippen LogP contribution in [0.15, 0.2) is 24.3 Å². The maximum atomic E-state index is 12.8. The van der Waals surface area contributed by atoms with Gasteiger partial charge in [0.1, 0.15) is 5.60 Å². The number of piperidine rings is 1. The number of ether oxygens (including phenoxy) is 1. The van der Waals surface area contributed by atoms with Gasteiger partial charge in [-0.15, -0.1) is 0 Å². The van der Waals surface area contributed by atoms with Gasteiger partial charge in [0.05, 0.1) is 0 Å². The van der Waals surface area contributed by atoms with E-state index in [2.05, 4.69) is 5.32 Å². The lowest BCUT2D eigenvalue weighted by Crippen LogP contribution is -2.44. The zero-order valence-corrected chi connectivity index (χ0v) is 16.1. The van der Waals surface area contributed by atoms with Crippen LogP contribution in [-0.4, -0.2) is 35.6 Å². The maximum Gasteiger partial charge on any atom is 0.412 e. The molecule has 1 saturated carbocycles. The van der Waals surface area contributed by atoms with Crippen LogP contribution in [0.2, 0.25) is 0 Å². The van der Waals surface area contributed by atoms with Gasteiger partial charge in [-0.1, -0.05) is 19.3 Å². The van der Waals surface area contributed by atoms with E-state index in [-0.39, 0.29) is 5.91 Å². The van der Waals surface area contributed by atoms with Crippen molar-refractivity contribution in [2.24, 2.45) is 11.8 Å². The van der Waals surface area contributed by atoms with Gasteiger partial charge in [-0.3, -0.25) is 10.1 Å². The van der Waals surface area contributed by atoms with Crippen LogP contribution in [-0.2, 0) is 4.74 Å². The first-order valence-electron chi connectivity index (χ1n) is 9.71. The maximum absolute atomic E-state index is 12.8. The Hall–Kier alpha value is -2.04. The van der Waals surface area contributed by atoms with E-state index < -0.39 is 11.7 Å². The number of carbonyl (C=O) groups is 2. The summed E-state index contributed by atoms with van der Waals surface area (Å²) in [4.78, 5) is 26.6. The Kier molecular flexibility index (Phi) is 5.54. The van der Waals surface area contributed by atoms with E-state index in [9.17, 15) is 9.59 Å². The number of rotatable bonds is 2. The molecule has 3 rings (SSSR count). The fraction of sp³-hybridized carbons (Fsp3) is 0.619. The summed E-state index contributed by atoms with van der Waals surface area (Å²) in [5, 5.41) is 2.70. The molecule has 0 bridgehead atoms. The second kappa shape index (κ2) is 7.68. The summed E-state index contributed by atoms with van der Waals surface area (Å²) < 4.78 is 5.24. The van der Waals surface area contributed by atoms with Crippen molar-refractivity contribution >= 4 is 17.7 Å². The van der Waals surface area contributed by atoms with E-state index in [0.29, 0.717) is 17.2 Å². The van der Waals surface area contributed by atoms with Crippen molar-refractivity contribution in [3.8, 4) is 0 Å². The Labute approximate surface area is 156 Å². The molecule has 2 fully saturated rings. The molecule has 0 unspecified atom stereocenters.